The Hall–Kier alpha value is -2.27. The van der Waals surface area contributed by atoms with Gasteiger partial charge in [0.05, 0.1) is 12.8 Å². The lowest BCUT2D eigenvalue weighted by atomic mass is 10.2. The molecular formula is C19H22N2O2S. The number of anilines is 1. The van der Waals surface area contributed by atoms with Crippen molar-refractivity contribution in [2.24, 2.45) is 0 Å². The Labute approximate surface area is 147 Å². The second-order valence-corrected chi connectivity index (χ2v) is 6.77. The number of thiophene rings is 1. The summed E-state index contributed by atoms with van der Waals surface area (Å²) in [4.78, 5) is 17.9. The minimum Gasteiger partial charge on any atom is -0.495 e. The van der Waals surface area contributed by atoms with Gasteiger partial charge in [-0.05, 0) is 36.6 Å². The number of carbonyl (C=O) groups is 1. The van der Waals surface area contributed by atoms with E-state index in [1.54, 1.807) is 18.4 Å². The van der Waals surface area contributed by atoms with Gasteiger partial charge in [-0.3, -0.25) is 4.79 Å². The maximum absolute atomic E-state index is 12.6. The Balaban J connectivity index is 1.63. The predicted octanol–water partition coefficient (Wildman–Crippen LogP) is 3.51. The molecule has 1 amide bonds. The van der Waals surface area contributed by atoms with Gasteiger partial charge in [0.15, 0.2) is 0 Å². The fraction of sp³-hybridized carbons (Fsp3) is 0.316. The molecule has 24 heavy (non-hydrogen) atoms. The third-order valence-corrected chi connectivity index (χ3v) is 5.05. The first-order valence-electron chi connectivity index (χ1n) is 8.08. The number of nitrogens with zero attached hydrogens (tertiary/aromatic N) is 2. The van der Waals surface area contributed by atoms with Crippen molar-refractivity contribution in [3.05, 3.63) is 52.2 Å². The summed E-state index contributed by atoms with van der Waals surface area (Å²) in [5, 5.41) is 2.02. The second kappa shape index (κ2) is 7.53. The second-order valence-electron chi connectivity index (χ2n) is 5.79. The van der Waals surface area contributed by atoms with Gasteiger partial charge in [-0.1, -0.05) is 18.2 Å². The van der Waals surface area contributed by atoms with E-state index in [1.165, 1.54) is 0 Å². The monoisotopic (exact) mass is 342 g/mol. The van der Waals surface area contributed by atoms with Crippen molar-refractivity contribution in [1.82, 2.24) is 4.90 Å². The summed E-state index contributed by atoms with van der Waals surface area (Å²) >= 11 is 1.65. The number of hydrogen-bond donors (Lipinski definition) is 0. The first kappa shape index (κ1) is 16.6. The molecule has 0 N–H and O–H groups in total. The van der Waals surface area contributed by atoms with Crippen LogP contribution < -0.4 is 9.64 Å². The molecule has 1 aromatic carbocycles. The molecule has 0 aliphatic carbocycles. The summed E-state index contributed by atoms with van der Waals surface area (Å²) in [5.41, 5.74) is 1.89. The van der Waals surface area contributed by atoms with Crippen LogP contribution in [0.2, 0.25) is 0 Å². The predicted molar refractivity (Wildman–Crippen MR) is 99.8 cm³/mol. The number of hydrogen-bond acceptors (Lipinski definition) is 4. The number of methoxy groups -OCH3 is 1. The van der Waals surface area contributed by atoms with E-state index in [2.05, 4.69) is 11.0 Å². The molecule has 0 unspecified atom stereocenters. The lowest BCUT2D eigenvalue weighted by molar-refractivity contribution is -0.127. The van der Waals surface area contributed by atoms with Gasteiger partial charge in [0.1, 0.15) is 5.75 Å². The van der Waals surface area contributed by atoms with Gasteiger partial charge < -0.3 is 14.5 Å². The van der Waals surface area contributed by atoms with Gasteiger partial charge in [0.2, 0.25) is 5.91 Å². The molecule has 0 radical (unpaired) electrons. The van der Waals surface area contributed by atoms with Gasteiger partial charge in [0, 0.05) is 36.6 Å². The van der Waals surface area contributed by atoms with Crippen LogP contribution in [-0.2, 0) is 4.79 Å². The molecule has 1 aliphatic heterocycles. The number of ether oxygens (including phenoxy) is 1. The Kier molecular flexibility index (Phi) is 5.20. The van der Waals surface area contributed by atoms with Crippen LogP contribution in [0.25, 0.3) is 6.08 Å². The Morgan fingerprint density at radius 3 is 2.54 bits per heavy atom. The van der Waals surface area contributed by atoms with E-state index in [9.17, 15) is 4.79 Å². The van der Waals surface area contributed by atoms with Crippen LogP contribution in [0.5, 0.6) is 5.75 Å². The van der Waals surface area contributed by atoms with Crippen molar-refractivity contribution in [3.8, 4) is 5.75 Å². The van der Waals surface area contributed by atoms with Crippen molar-refractivity contribution in [2.75, 3.05) is 38.2 Å². The summed E-state index contributed by atoms with van der Waals surface area (Å²) in [7, 11) is 1.69. The molecule has 1 fully saturated rings. The maximum atomic E-state index is 12.6. The highest BCUT2D eigenvalue weighted by Gasteiger charge is 2.23. The van der Waals surface area contributed by atoms with Crippen LogP contribution in [0, 0.1) is 0 Å². The van der Waals surface area contributed by atoms with Crippen LogP contribution in [0.3, 0.4) is 0 Å². The van der Waals surface area contributed by atoms with Crippen molar-refractivity contribution in [3.63, 3.8) is 0 Å². The van der Waals surface area contributed by atoms with Crippen LogP contribution in [0.15, 0.2) is 47.4 Å². The summed E-state index contributed by atoms with van der Waals surface area (Å²) in [6.07, 6.45) is 1.97. The lowest BCUT2D eigenvalue weighted by Crippen LogP contribution is -2.49. The molecule has 2 heterocycles. The standard InChI is InChI=1S/C19H22N2O2S/c1-15(14-16-6-5-13-24-16)19(22)21-11-9-20(10-12-21)17-7-3-4-8-18(17)23-2/h3-8,13-14H,9-12H2,1-2H3/b15-14+. The fourth-order valence-electron chi connectivity index (χ4n) is 2.94. The molecule has 126 valence electrons. The summed E-state index contributed by atoms with van der Waals surface area (Å²) in [6, 6.07) is 12.1. The molecule has 0 spiro atoms. The number of piperazine rings is 1. The van der Waals surface area contributed by atoms with E-state index in [0.29, 0.717) is 0 Å². The lowest BCUT2D eigenvalue weighted by Gasteiger charge is -2.36. The Bertz CT molecular complexity index is 717. The minimum atomic E-state index is 0.128. The smallest absolute Gasteiger partial charge is 0.249 e. The van der Waals surface area contributed by atoms with Gasteiger partial charge in [-0.15, -0.1) is 11.3 Å². The summed E-state index contributed by atoms with van der Waals surface area (Å²) < 4.78 is 5.44. The van der Waals surface area contributed by atoms with Crippen LogP contribution >= 0.6 is 11.3 Å². The average molecular weight is 342 g/mol. The Morgan fingerprint density at radius 1 is 1.12 bits per heavy atom. The number of carbonyl (C=O) groups excluding carboxylic acids is 1. The van der Waals surface area contributed by atoms with Gasteiger partial charge >= 0.3 is 0 Å². The molecule has 5 heteroatoms. The van der Waals surface area contributed by atoms with Crippen LogP contribution in [0.4, 0.5) is 5.69 Å². The molecule has 0 saturated carbocycles. The SMILES string of the molecule is COc1ccccc1N1CCN(C(=O)/C(C)=C/c2cccs2)CC1. The van der Waals surface area contributed by atoms with E-state index in [4.69, 9.17) is 4.74 Å². The van der Waals surface area contributed by atoms with Crippen molar-refractivity contribution < 1.29 is 9.53 Å². The maximum Gasteiger partial charge on any atom is 0.249 e. The third kappa shape index (κ3) is 3.62. The molecule has 0 bridgehead atoms. The van der Waals surface area contributed by atoms with Crippen molar-refractivity contribution in [1.29, 1.82) is 0 Å². The minimum absolute atomic E-state index is 0.128. The molecule has 4 nitrogen and oxygen atoms in total. The van der Waals surface area contributed by atoms with E-state index < -0.39 is 0 Å². The zero-order chi connectivity index (χ0) is 16.9. The van der Waals surface area contributed by atoms with E-state index in [-0.39, 0.29) is 5.91 Å². The molecule has 3 rings (SSSR count). The fourth-order valence-corrected chi connectivity index (χ4v) is 3.66. The zero-order valence-corrected chi connectivity index (χ0v) is 14.9. The number of amides is 1. The zero-order valence-electron chi connectivity index (χ0n) is 14.1. The Morgan fingerprint density at radius 2 is 1.88 bits per heavy atom. The highest BCUT2D eigenvalue weighted by atomic mass is 32.1. The highest BCUT2D eigenvalue weighted by molar-refractivity contribution is 7.10. The molecule has 2 aromatic rings. The summed E-state index contributed by atoms with van der Waals surface area (Å²) in [5.74, 6) is 1.01. The molecule has 0 atom stereocenters. The first-order valence-corrected chi connectivity index (χ1v) is 8.96. The van der Waals surface area contributed by atoms with Crippen molar-refractivity contribution >= 4 is 29.0 Å². The van der Waals surface area contributed by atoms with Gasteiger partial charge in [-0.2, -0.15) is 0 Å². The average Bonchev–Trinajstić information content (AvgIpc) is 3.14. The molecular weight excluding hydrogens is 320 g/mol. The highest BCUT2D eigenvalue weighted by Crippen LogP contribution is 2.28. The third-order valence-electron chi connectivity index (χ3n) is 4.23. The van der Waals surface area contributed by atoms with E-state index in [0.717, 1.165) is 48.1 Å². The summed E-state index contributed by atoms with van der Waals surface area (Å²) in [6.45, 7) is 4.99. The topological polar surface area (TPSA) is 32.8 Å². The molecule has 1 saturated heterocycles. The molecule has 1 aliphatic rings. The van der Waals surface area contributed by atoms with E-state index >= 15 is 0 Å². The van der Waals surface area contributed by atoms with Gasteiger partial charge in [0.25, 0.3) is 0 Å². The number of rotatable bonds is 4. The van der Waals surface area contributed by atoms with Crippen LogP contribution in [0.1, 0.15) is 11.8 Å². The first-order chi connectivity index (χ1) is 11.7. The largest absolute Gasteiger partial charge is 0.495 e. The van der Waals surface area contributed by atoms with E-state index in [1.807, 2.05) is 53.6 Å². The van der Waals surface area contributed by atoms with Gasteiger partial charge in [-0.25, -0.2) is 0 Å². The number of benzene rings is 1. The van der Waals surface area contributed by atoms with Crippen LogP contribution in [-0.4, -0.2) is 44.1 Å². The molecule has 1 aromatic heterocycles. The quantitative estimate of drug-likeness (QED) is 0.797. The normalized spacial score (nSPS) is 15.5. The number of para-hydroxylation sites is 2. The van der Waals surface area contributed by atoms with Crippen molar-refractivity contribution in [2.45, 2.75) is 6.92 Å².